The zero-order chi connectivity index (χ0) is 12.5. The Hall–Kier alpha value is -0.680. The average Bonchev–Trinajstić information content (AvgIpc) is 2.66. The largest absolute Gasteiger partial charge is 0.416 e. The van der Waals surface area contributed by atoms with E-state index in [4.69, 9.17) is 0 Å². The van der Waals surface area contributed by atoms with Crippen LogP contribution >= 0.6 is 11.8 Å². The maximum Gasteiger partial charge on any atom is 0.416 e. The van der Waals surface area contributed by atoms with E-state index < -0.39 is 11.7 Å². The lowest BCUT2D eigenvalue weighted by molar-refractivity contribution is -0.137. The number of alkyl halides is 3. The quantitative estimate of drug-likeness (QED) is 0.895. The van der Waals surface area contributed by atoms with Crippen LogP contribution < -0.4 is 5.32 Å². The fraction of sp³-hybridized carbons (Fsp3) is 0.500. The van der Waals surface area contributed by atoms with Gasteiger partial charge in [0.15, 0.2) is 0 Å². The summed E-state index contributed by atoms with van der Waals surface area (Å²) in [5.41, 5.74) is 0.502. The van der Waals surface area contributed by atoms with Gasteiger partial charge in [-0.1, -0.05) is 6.07 Å². The van der Waals surface area contributed by atoms with E-state index in [9.17, 15) is 13.2 Å². The summed E-state index contributed by atoms with van der Waals surface area (Å²) in [5, 5.41) is 3.47. The van der Waals surface area contributed by atoms with Crippen LogP contribution in [-0.4, -0.2) is 18.8 Å². The Morgan fingerprint density at radius 1 is 1.41 bits per heavy atom. The number of rotatable bonds is 3. The number of fused-ring (bicyclic) bond motifs is 1. The third kappa shape index (κ3) is 2.96. The third-order valence-corrected chi connectivity index (χ3v) is 4.22. The van der Waals surface area contributed by atoms with E-state index in [1.54, 1.807) is 17.8 Å². The SMILES string of the molecule is CNCCC1Cc2ccc(C(F)(F)F)cc2S1. The van der Waals surface area contributed by atoms with Gasteiger partial charge in [-0.3, -0.25) is 0 Å². The first kappa shape index (κ1) is 12.8. The first-order chi connectivity index (χ1) is 8.00. The molecule has 2 rings (SSSR count). The van der Waals surface area contributed by atoms with Gasteiger partial charge in [-0.15, -0.1) is 11.8 Å². The van der Waals surface area contributed by atoms with E-state index in [0.717, 1.165) is 29.8 Å². The van der Waals surface area contributed by atoms with Crippen molar-refractivity contribution in [3.8, 4) is 0 Å². The summed E-state index contributed by atoms with van der Waals surface area (Å²) < 4.78 is 37.6. The summed E-state index contributed by atoms with van der Waals surface area (Å²) in [6, 6.07) is 4.07. The van der Waals surface area contributed by atoms with Gasteiger partial charge in [-0.2, -0.15) is 13.2 Å². The molecule has 1 aromatic rings. The number of thioether (sulfide) groups is 1. The lowest BCUT2D eigenvalue weighted by atomic mass is 10.1. The summed E-state index contributed by atoms with van der Waals surface area (Å²) in [6.45, 7) is 0.901. The van der Waals surface area contributed by atoms with Crippen molar-refractivity contribution in [2.24, 2.45) is 0 Å². The van der Waals surface area contributed by atoms with Gasteiger partial charge in [-0.25, -0.2) is 0 Å². The maximum atomic E-state index is 12.5. The molecule has 0 amide bonds. The molecule has 1 aromatic carbocycles. The minimum Gasteiger partial charge on any atom is -0.320 e. The minimum absolute atomic E-state index is 0.404. The molecule has 1 heterocycles. The molecule has 0 aliphatic carbocycles. The summed E-state index contributed by atoms with van der Waals surface area (Å²) in [6.07, 6.45) is -2.38. The van der Waals surface area contributed by atoms with Crippen molar-refractivity contribution in [1.29, 1.82) is 0 Å². The molecule has 5 heteroatoms. The van der Waals surface area contributed by atoms with Crippen LogP contribution in [0.25, 0.3) is 0 Å². The van der Waals surface area contributed by atoms with Crippen LogP contribution in [0.5, 0.6) is 0 Å². The predicted molar refractivity (Wildman–Crippen MR) is 63.3 cm³/mol. The zero-order valence-corrected chi connectivity index (χ0v) is 10.3. The highest BCUT2D eigenvalue weighted by Crippen LogP contribution is 2.41. The standard InChI is InChI=1S/C12H14F3NS/c1-16-5-4-10-6-8-2-3-9(12(13,14)15)7-11(8)17-10/h2-3,7,10,16H,4-6H2,1H3. The monoisotopic (exact) mass is 261 g/mol. The highest BCUT2D eigenvalue weighted by Gasteiger charge is 2.32. The van der Waals surface area contributed by atoms with Gasteiger partial charge in [0.25, 0.3) is 0 Å². The Kier molecular flexibility index (Phi) is 3.68. The van der Waals surface area contributed by atoms with Gasteiger partial charge in [0.2, 0.25) is 0 Å². The zero-order valence-electron chi connectivity index (χ0n) is 9.47. The first-order valence-corrected chi connectivity index (χ1v) is 6.40. The van der Waals surface area contributed by atoms with Crippen LogP contribution in [0.3, 0.4) is 0 Å². The van der Waals surface area contributed by atoms with Gasteiger partial charge in [-0.05, 0) is 44.1 Å². The predicted octanol–water partition coefficient (Wildman–Crippen LogP) is 3.33. The lowest BCUT2D eigenvalue weighted by Gasteiger charge is -2.08. The molecule has 94 valence electrons. The minimum atomic E-state index is -4.24. The summed E-state index contributed by atoms with van der Waals surface area (Å²) in [4.78, 5) is 0.793. The smallest absolute Gasteiger partial charge is 0.320 e. The van der Waals surface area contributed by atoms with Crippen LogP contribution in [0.1, 0.15) is 17.5 Å². The van der Waals surface area contributed by atoms with Crippen molar-refractivity contribution in [3.63, 3.8) is 0 Å². The second kappa shape index (κ2) is 4.90. The van der Waals surface area contributed by atoms with Gasteiger partial charge >= 0.3 is 6.18 Å². The second-order valence-electron chi connectivity index (χ2n) is 4.16. The summed E-state index contributed by atoms with van der Waals surface area (Å²) in [7, 11) is 1.88. The molecule has 0 bridgehead atoms. The van der Waals surface area contributed by atoms with Crippen molar-refractivity contribution < 1.29 is 13.2 Å². The van der Waals surface area contributed by atoms with E-state index in [2.05, 4.69) is 5.32 Å². The Morgan fingerprint density at radius 3 is 2.82 bits per heavy atom. The Labute approximate surface area is 103 Å². The fourth-order valence-corrected chi connectivity index (χ4v) is 3.30. The number of halogens is 3. The number of nitrogens with one attached hydrogen (secondary N) is 1. The van der Waals surface area contributed by atoms with Crippen LogP contribution in [-0.2, 0) is 12.6 Å². The summed E-state index contributed by atoms with van der Waals surface area (Å²) in [5.74, 6) is 0. The number of hydrogen-bond donors (Lipinski definition) is 1. The topological polar surface area (TPSA) is 12.0 Å². The van der Waals surface area contributed by atoms with Gasteiger partial charge in [0, 0.05) is 10.1 Å². The molecule has 0 saturated heterocycles. The van der Waals surface area contributed by atoms with Crippen LogP contribution in [0.2, 0.25) is 0 Å². The maximum absolute atomic E-state index is 12.5. The van der Waals surface area contributed by atoms with Crippen molar-refractivity contribution in [2.75, 3.05) is 13.6 Å². The molecule has 1 aliphatic rings. The van der Waals surface area contributed by atoms with Crippen LogP contribution in [0.15, 0.2) is 23.1 Å². The molecule has 0 fully saturated rings. The number of benzene rings is 1. The second-order valence-corrected chi connectivity index (χ2v) is 5.50. The van der Waals surface area contributed by atoms with Crippen molar-refractivity contribution in [3.05, 3.63) is 29.3 Å². The average molecular weight is 261 g/mol. The normalized spacial score (nSPS) is 19.4. The van der Waals surface area contributed by atoms with Gasteiger partial charge < -0.3 is 5.32 Å². The highest BCUT2D eigenvalue weighted by atomic mass is 32.2. The highest BCUT2D eigenvalue weighted by molar-refractivity contribution is 8.00. The molecular formula is C12H14F3NS. The van der Waals surface area contributed by atoms with E-state index in [0.29, 0.717) is 5.25 Å². The van der Waals surface area contributed by atoms with Gasteiger partial charge in [0.1, 0.15) is 0 Å². The Balaban J connectivity index is 2.11. The van der Waals surface area contributed by atoms with Crippen molar-refractivity contribution in [1.82, 2.24) is 5.32 Å². The van der Waals surface area contributed by atoms with E-state index in [1.807, 2.05) is 7.05 Å². The molecule has 1 aliphatic heterocycles. The first-order valence-electron chi connectivity index (χ1n) is 5.52. The molecule has 17 heavy (non-hydrogen) atoms. The summed E-state index contributed by atoms with van der Waals surface area (Å²) >= 11 is 1.57. The Bertz CT molecular complexity index is 403. The number of hydrogen-bond acceptors (Lipinski definition) is 2. The van der Waals surface area contributed by atoms with E-state index >= 15 is 0 Å². The van der Waals surface area contributed by atoms with Gasteiger partial charge in [0.05, 0.1) is 5.56 Å². The third-order valence-electron chi connectivity index (χ3n) is 2.85. The molecule has 0 saturated carbocycles. The molecule has 0 radical (unpaired) electrons. The molecule has 1 unspecified atom stereocenters. The Morgan fingerprint density at radius 2 is 2.18 bits per heavy atom. The fourth-order valence-electron chi connectivity index (χ4n) is 1.94. The lowest BCUT2D eigenvalue weighted by Crippen LogP contribution is -2.14. The molecule has 1 atom stereocenters. The van der Waals surface area contributed by atoms with E-state index in [1.165, 1.54) is 12.1 Å². The molecule has 1 N–H and O–H groups in total. The molecule has 1 nitrogen and oxygen atoms in total. The molecular weight excluding hydrogens is 247 g/mol. The van der Waals surface area contributed by atoms with E-state index in [-0.39, 0.29) is 0 Å². The molecule has 0 aromatic heterocycles. The van der Waals surface area contributed by atoms with Crippen LogP contribution in [0, 0.1) is 0 Å². The van der Waals surface area contributed by atoms with Crippen LogP contribution in [0.4, 0.5) is 13.2 Å². The van der Waals surface area contributed by atoms with Crippen molar-refractivity contribution in [2.45, 2.75) is 29.2 Å². The molecule has 0 spiro atoms. The van der Waals surface area contributed by atoms with Crippen molar-refractivity contribution >= 4 is 11.8 Å².